The molecule has 1 aliphatic heterocycles. The van der Waals surface area contributed by atoms with Crippen molar-refractivity contribution in [3.8, 4) is 0 Å². The summed E-state index contributed by atoms with van der Waals surface area (Å²) in [4.78, 5) is 0. The fraction of sp³-hybridized carbons (Fsp3) is 0.143. The minimum absolute atomic E-state index is 0. The van der Waals surface area contributed by atoms with Gasteiger partial charge in [0.15, 0.2) is 0 Å². The van der Waals surface area contributed by atoms with Crippen LogP contribution < -0.4 is 11.1 Å². The van der Waals surface area contributed by atoms with Gasteiger partial charge in [0.2, 0.25) is 0 Å². The molecule has 0 aromatic heterocycles. The predicted octanol–water partition coefficient (Wildman–Crippen LogP) is 4.40. The summed E-state index contributed by atoms with van der Waals surface area (Å²) in [5.41, 5.74) is 8.88. The third-order valence-corrected chi connectivity index (χ3v) is 3.54. The molecule has 0 unspecified atom stereocenters. The zero-order valence-corrected chi connectivity index (χ0v) is 13.4. The van der Waals surface area contributed by atoms with E-state index in [1.807, 2.05) is 12.1 Å². The second-order valence-corrected chi connectivity index (χ2v) is 5.36. The molecule has 2 nitrogen and oxygen atoms in total. The predicted molar refractivity (Wildman–Crippen MR) is 87.8 cm³/mol. The zero-order chi connectivity index (χ0) is 13.0. The molecule has 0 atom stereocenters. The molecule has 3 N–H and O–H groups in total. The number of nitrogens with one attached hydrogen (secondary N) is 1. The van der Waals surface area contributed by atoms with Gasteiger partial charge >= 0.3 is 0 Å². The SMILES string of the molecule is Brc1ccc2c(c1)CNC2.Cl.Nc1ccccc1Cl. The molecule has 1 heterocycles. The summed E-state index contributed by atoms with van der Waals surface area (Å²) < 4.78 is 1.18. The van der Waals surface area contributed by atoms with Crippen LogP contribution in [0, 0.1) is 0 Å². The van der Waals surface area contributed by atoms with Gasteiger partial charge in [-0.2, -0.15) is 0 Å². The minimum atomic E-state index is 0. The Labute approximate surface area is 132 Å². The quantitative estimate of drug-likeness (QED) is 0.682. The number of hydrogen-bond donors (Lipinski definition) is 2. The molecule has 0 saturated carbocycles. The van der Waals surface area contributed by atoms with Crippen molar-refractivity contribution in [2.24, 2.45) is 0 Å². The van der Waals surface area contributed by atoms with Crippen LogP contribution >= 0.6 is 39.9 Å². The van der Waals surface area contributed by atoms with Crippen molar-refractivity contribution in [2.45, 2.75) is 13.1 Å². The number of halogens is 3. The molecule has 0 fully saturated rings. The summed E-state index contributed by atoms with van der Waals surface area (Å²) in [6.07, 6.45) is 0. The highest BCUT2D eigenvalue weighted by Crippen LogP contribution is 2.19. The summed E-state index contributed by atoms with van der Waals surface area (Å²) in [6.45, 7) is 2.05. The van der Waals surface area contributed by atoms with E-state index in [0.29, 0.717) is 10.7 Å². The number of hydrogen-bond acceptors (Lipinski definition) is 2. The Bertz CT molecular complexity index is 526. The third kappa shape index (κ3) is 4.69. The molecule has 1 aliphatic rings. The number of nitrogen functional groups attached to an aromatic ring is 1. The van der Waals surface area contributed by atoms with Crippen LogP contribution in [0.25, 0.3) is 0 Å². The van der Waals surface area contributed by atoms with Gasteiger partial charge in [-0.25, -0.2) is 0 Å². The van der Waals surface area contributed by atoms with E-state index in [0.717, 1.165) is 13.1 Å². The fourth-order valence-electron chi connectivity index (χ4n) is 1.74. The third-order valence-electron chi connectivity index (χ3n) is 2.70. The topological polar surface area (TPSA) is 38.0 Å². The highest BCUT2D eigenvalue weighted by atomic mass is 79.9. The van der Waals surface area contributed by atoms with Crippen molar-refractivity contribution in [3.05, 3.63) is 63.1 Å². The number of nitrogens with two attached hydrogens (primary N) is 1. The Morgan fingerprint density at radius 1 is 1.05 bits per heavy atom. The highest BCUT2D eigenvalue weighted by molar-refractivity contribution is 9.10. The van der Waals surface area contributed by atoms with Crippen LogP contribution in [0.2, 0.25) is 5.02 Å². The maximum Gasteiger partial charge on any atom is 0.0635 e. The number of para-hydroxylation sites is 1. The van der Waals surface area contributed by atoms with Gasteiger partial charge in [0.1, 0.15) is 0 Å². The first-order valence-electron chi connectivity index (χ1n) is 5.65. The average molecular weight is 362 g/mol. The van der Waals surface area contributed by atoms with Gasteiger partial charge in [-0.15, -0.1) is 12.4 Å². The Hall–Kier alpha value is -0.740. The van der Waals surface area contributed by atoms with Crippen LogP contribution in [0.5, 0.6) is 0 Å². The molecular formula is C14H15BrCl2N2. The van der Waals surface area contributed by atoms with E-state index < -0.39 is 0 Å². The molecule has 0 amide bonds. The van der Waals surface area contributed by atoms with Crippen molar-refractivity contribution in [1.82, 2.24) is 5.32 Å². The van der Waals surface area contributed by atoms with Crippen molar-refractivity contribution < 1.29 is 0 Å². The van der Waals surface area contributed by atoms with Crippen LogP contribution in [0.3, 0.4) is 0 Å². The zero-order valence-electron chi connectivity index (χ0n) is 10.2. The largest absolute Gasteiger partial charge is 0.398 e. The first kappa shape index (κ1) is 16.3. The molecule has 0 aliphatic carbocycles. The van der Waals surface area contributed by atoms with E-state index >= 15 is 0 Å². The van der Waals surface area contributed by atoms with E-state index in [2.05, 4.69) is 39.4 Å². The lowest BCUT2D eigenvalue weighted by molar-refractivity contribution is 0.765. The lowest BCUT2D eigenvalue weighted by Gasteiger charge is -1.95. The van der Waals surface area contributed by atoms with Gasteiger partial charge in [0.05, 0.1) is 10.7 Å². The number of benzene rings is 2. The van der Waals surface area contributed by atoms with E-state index in [-0.39, 0.29) is 12.4 Å². The first-order valence-corrected chi connectivity index (χ1v) is 6.82. The average Bonchev–Trinajstić information content (AvgIpc) is 2.81. The van der Waals surface area contributed by atoms with Crippen molar-refractivity contribution in [1.29, 1.82) is 0 Å². The number of anilines is 1. The normalized spacial score (nSPS) is 11.9. The van der Waals surface area contributed by atoms with E-state index in [1.54, 1.807) is 12.1 Å². The Morgan fingerprint density at radius 3 is 2.37 bits per heavy atom. The van der Waals surface area contributed by atoms with E-state index in [1.165, 1.54) is 15.6 Å². The lowest BCUT2D eigenvalue weighted by Crippen LogP contribution is -1.99. The van der Waals surface area contributed by atoms with Gasteiger partial charge < -0.3 is 11.1 Å². The van der Waals surface area contributed by atoms with Crippen LogP contribution in [-0.4, -0.2) is 0 Å². The van der Waals surface area contributed by atoms with Gasteiger partial charge in [-0.05, 0) is 35.4 Å². The number of fused-ring (bicyclic) bond motifs is 1. The van der Waals surface area contributed by atoms with Crippen molar-refractivity contribution in [2.75, 3.05) is 5.73 Å². The molecule has 0 saturated heterocycles. The number of rotatable bonds is 0. The Morgan fingerprint density at radius 2 is 1.74 bits per heavy atom. The lowest BCUT2D eigenvalue weighted by atomic mass is 10.1. The maximum atomic E-state index is 5.58. The monoisotopic (exact) mass is 360 g/mol. The summed E-state index contributed by atoms with van der Waals surface area (Å²) in [5.74, 6) is 0. The molecule has 0 spiro atoms. The second kappa shape index (κ2) is 7.75. The molecular weight excluding hydrogens is 347 g/mol. The molecule has 2 aromatic rings. The smallest absolute Gasteiger partial charge is 0.0635 e. The van der Waals surface area contributed by atoms with Crippen molar-refractivity contribution in [3.63, 3.8) is 0 Å². The van der Waals surface area contributed by atoms with Crippen molar-refractivity contribution >= 4 is 45.6 Å². The fourth-order valence-corrected chi connectivity index (χ4v) is 2.28. The molecule has 3 rings (SSSR count). The molecule has 19 heavy (non-hydrogen) atoms. The summed E-state index contributed by atoms with van der Waals surface area (Å²) in [7, 11) is 0. The van der Waals surface area contributed by atoms with Crippen LogP contribution in [0.15, 0.2) is 46.9 Å². The standard InChI is InChI=1S/C8H8BrN.C6H6ClN.ClH/c9-8-2-1-6-4-10-5-7(6)3-8;7-5-3-1-2-4-6(5)8;/h1-3,10H,4-5H2;1-4H,8H2;1H. The molecule has 2 aromatic carbocycles. The molecule has 5 heteroatoms. The second-order valence-electron chi connectivity index (χ2n) is 4.04. The first-order chi connectivity index (χ1) is 8.66. The Balaban J connectivity index is 0.000000185. The molecule has 0 radical (unpaired) electrons. The summed E-state index contributed by atoms with van der Waals surface area (Å²) >= 11 is 9.02. The van der Waals surface area contributed by atoms with Crippen LogP contribution in [-0.2, 0) is 13.1 Å². The van der Waals surface area contributed by atoms with Crippen LogP contribution in [0.1, 0.15) is 11.1 Å². The van der Waals surface area contributed by atoms with Gasteiger partial charge in [-0.3, -0.25) is 0 Å². The molecule has 102 valence electrons. The summed E-state index contributed by atoms with van der Waals surface area (Å²) in [5, 5.41) is 3.91. The maximum absolute atomic E-state index is 5.58. The van der Waals surface area contributed by atoms with E-state index in [9.17, 15) is 0 Å². The van der Waals surface area contributed by atoms with Gasteiger partial charge in [0.25, 0.3) is 0 Å². The highest BCUT2D eigenvalue weighted by Gasteiger charge is 2.08. The van der Waals surface area contributed by atoms with Gasteiger partial charge in [0, 0.05) is 17.6 Å². The molecule has 0 bridgehead atoms. The van der Waals surface area contributed by atoms with Crippen LogP contribution in [0.4, 0.5) is 5.69 Å². The summed E-state index contributed by atoms with van der Waals surface area (Å²) in [6, 6.07) is 13.7. The minimum Gasteiger partial charge on any atom is -0.398 e. The Kier molecular flexibility index (Phi) is 6.66. The van der Waals surface area contributed by atoms with Gasteiger partial charge in [-0.1, -0.05) is 45.7 Å². The van der Waals surface area contributed by atoms with E-state index in [4.69, 9.17) is 17.3 Å².